The predicted octanol–water partition coefficient (Wildman–Crippen LogP) is 3.23. The van der Waals surface area contributed by atoms with Gasteiger partial charge in [0.05, 0.1) is 12.1 Å². The van der Waals surface area contributed by atoms with E-state index in [2.05, 4.69) is 30.6 Å². The Labute approximate surface area is 112 Å². The molecule has 1 aromatic heterocycles. The molecule has 0 aliphatic heterocycles. The Morgan fingerprint density at radius 3 is 2.82 bits per heavy atom. The number of hydrogen-bond donors (Lipinski definition) is 0. The lowest BCUT2D eigenvalue weighted by Gasteiger charge is -1.97. The van der Waals surface area contributed by atoms with Crippen molar-refractivity contribution in [2.45, 2.75) is 6.92 Å². The smallest absolute Gasteiger partial charge is 0.293 e. The summed E-state index contributed by atoms with van der Waals surface area (Å²) in [6, 6.07) is 5.71. The highest BCUT2D eigenvalue weighted by atomic mass is 79.9. The zero-order chi connectivity index (χ0) is 12.7. The molecule has 1 aromatic carbocycles. The maximum absolute atomic E-state index is 9.18. The molecule has 0 unspecified atom stereocenters. The maximum Gasteiger partial charge on any atom is 0.293 e. The van der Waals surface area contributed by atoms with Gasteiger partial charge >= 0.3 is 0 Å². The van der Waals surface area contributed by atoms with Crippen molar-refractivity contribution in [3.63, 3.8) is 0 Å². The highest BCUT2D eigenvalue weighted by Crippen LogP contribution is 2.22. The molecular weight excluding hydrogens is 307 g/mol. The minimum Gasteiger partial charge on any atom is -0.468 e. The fraction of sp³-hybridized carbons (Fsp3) is 0.182. The van der Waals surface area contributed by atoms with Gasteiger partial charge in [-0.15, -0.1) is 0 Å². The quantitative estimate of drug-likeness (QED) is 0.630. The van der Waals surface area contributed by atoms with Gasteiger partial charge in [-0.2, -0.15) is 0 Å². The van der Waals surface area contributed by atoms with Crippen molar-refractivity contribution in [1.82, 2.24) is 9.97 Å². The van der Waals surface area contributed by atoms with Crippen molar-refractivity contribution < 1.29 is 9.53 Å². The van der Waals surface area contributed by atoms with Crippen LogP contribution in [-0.4, -0.2) is 23.0 Å². The molecule has 0 aliphatic carbocycles. The van der Waals surface area contributed by atoms with E-state index >= 15 is 0 Å². The molecule has 2 rings (SSSR count). The first-order valence-corrected chi connectivity index (χ1v) is 5.97. The molecular formula is C11H10BrClN2O2. The summed E-state index contributed by atoms with van der Waals surface area (Å²) in [5.41, 5.74) is 0.851. The van der Waals surface area contributed by atoms with Crippen molar-refractivity contribution in [2.24, 2.45) is 0 Å². The van der Waals surface area contributed by atoms with Crippen LogP contribution in [0.3, 0.4) is 0 Å². The second kappa shape index (κ2) is 7.19. The fourth-order valence-electron chi connectivity index (χ4n) is 1.07. The normalized spacial score (nSPS) is 9.35. The Morgan fingerprint density at radius 1 is 1.47 bits per heavy atom. The monoisotopic (exact) mass is 316 g/mol. The van der Waals surface area contributed by atoms with Crippen LogP contribution in [0.2, 0.25) is 5.15 Å². The molecule has 0 spiro atoms. The standard InChI is InChI=1S/C8H4BrClN2.C3H6O2/c9-5-1-2-6-7(3-5)11-4-12-8(6)10;1-2-5-3-4/h1-4H;3H,2H2,1H3. The topological polar surface area (TPSA) is 52.1 Å². The molecule has 0 aliphatic rings. The third-order valence-corrected chi connectivity index (χ3v) is 2.58. The van der Waals surface area contributed by atoms with Gasteiger partial charge in [0.25, 0.3) is 6.47 Å². The molecule has 90 valence electrons. The third-order valence-electron chi connectivity index (χ3n) is 1.78. The molecule has 17 heavy (non-hydrogen) atoms. The number of halogens is 2. The fourth-order valence-corrected chi connectivity index (χ4v) is 1.62. The van der Waals surface area contributed by atoms with Gasteiger partial charge < -0.3 is 4.74 Å². The average molecular weight is 318 g/mol. The zero-order valence-corrected chi connectivity index (χ0v) is 11.4. The van der Waals surface area contributed by atoms with Crippen LogP contribution in [0, 0.1) is 0 Å². The second-order valence-electron chi connectivity index (χ2n) is 2.88. The van der Waals surface area contributed by atoms with E-state index in [1.165, 1.54) is 6.33 Å². The largest absolute Gasteiger partial charge is 0.468 e. The molecule has 1 heterocycles. The Balaban J connectivity index is 0.000000249. The van der Waals surface area contributed by atoms with Gasteiger partial charge in [-0.1, -0.05) is 27.5 Å². The number of hydrogen-bond acceptors (Lipinski definition) is 4. The van der Waals surface area contributed by atoms with E-state index in [-0.39, 0.29) is 0 Å². The summed E-state index contributed by atoms with van der Waals surface area (Å²) in [5, 5.41) is 1.37. The van der Waals surface area contributed by atoms with E-state index in [0.717, 1.165) is 15.4 Å². The maximum atomic E-state index is 9.18. The Morgan fingerprint density at radius 2 is 2.24 bits per heavy atom. The van der Waals surface area contributed by atoms with E-state index in [0.29, 0.717) is 18.2 Å². The highest BCUT2D eigenvalue weighted by Gasteiger charge is 1.99. The summed E-state index contributed by atoms with van der Waals surface area (Å²) in [5.74, 6) is 0. The number of carbonyl (C=O) groups excluding carboxylic acids is 1. The Bertz CT molecular complexity index is 508. The Hall–Kier alpha value is -1.20. The number of rotatable bonds is 2. The summed E-state index contributed by atoms with van der Waals surface area (Å²) in [6.45, 7) is 2.66. The predicted molar refractivity (Wildman–Crippen MR) is 69.9 cm³/mol. The number of fused-ring (bicyclic) bond motifs is 1. The van der Waals surface area contributed by atoms with Gasteiger partial charge in [0.2, 0.25) is 0 Å². The van der Waals surface area contributed by atoms with E-state index in [4.69, 9.17) is 11.6 Å². The van der Waals surface area contributed by atoms with Crippen LogP contribution in [0.5, 0.6) is 0 Å². The summed E-state index contributed by atoms with van der Waals surface area (Å²) in [7, 11) is 0. The summed E-state index contributed by atoms with van der Waals surface area (Å²) in [6.07, 6.45) is 1.46. The summed E-state index contributed by atoms with van der Waals surface area (Å²) < 4.78 is 5.14. The number of nitrogens with zero attached hydrogens (tertiary/aromatic N) is 2. The van der Waals surface area contributed by atoms with Crippen molar-refractivity contribution in [3.8, 4) is 0 Å². The molecule has 0 bridgehead atoms. The zero-order valence-electron chi connectivity index (χ0n) is 9.06. The molecule has 2 aromatic rings. The first-order chi connectivity index (χ1) is 8.19. The van der Waals surface area contributed by atoms with Crippen LogP contribution in [0.15, 0.2) is 29.0 Å². The first-order valence-electron chi connectivity index (χ1n) is 4.80. The number of ether oxygens (including phenoxy) is 1. The van der Waals surface area contributed by atoms with Gasteiger partial charge in [-0.25, -0.2) is 9.97 Å². The van der Waals surface area contributed by atoms with Crippen molar-refractivity contribution in [1.29, 1.82) is 0 Å². The molecule has 0 fully saturated rings. The number of benzene rings is 1. The highest BCUT2D eigenvalue weighted by molar-refractivity contribution is 9.10. The SMILES string of the molecule is CCOC=O.Clc1ncnc2cc(Br)ccc12. The summed E-state index contributed by atoms with van der Waals surface area (Å²) in [4.78, 5) is 17.1. The molecule has 0 N–H and O–H groups in total. The lowest BCUT2D eigenvalue weighted by Crippen LogP contribution is -1.82. The second-order valence-corrected chi connectivity index (χ2v) is 4.15. The molecule has 4 nitrogen and oxygen atoms in total. The summed E-state index contributed by atoms with van der Waals surface area (Å²) >= 11 is 9.20. The van der Waals surface area contributed by atoms with E-state index < -0.39 is 0 Å². The molecule has 0 radical (unpaired) electrons. The van der Waals surface area contributed by atoms with Gasteiger partial charge in [-0.3, -0.25) is 4.79 Å². The lowest BCUT2D eigenvalue weighted by atomic mass is 10.2. The number of aromatic nitrogens is 2. The van der Waals surface area contributed by atoms with Crippen molar-refractivity contribution in [2.75, 3.05) is 6.61 Å². The average Bonchev–Trinajstić information content (AvgIpc) is 2.31. The molecule has 0 saturated carbocycles. The molecule has 0 amide bonds. The van der Waals surface area contributed by atoms with Crippen LogP contribution in [0.4, 0.5) is 0 Å². The van der Waals surface area contributed by atoms with Gasteiger partial charge in [0.1, 0.15) is 11.5 Å². The van der Waals surface area contributed by atoms with E-state index in [1.54, 1.807) is 6.92 Å². The van der Waals surface area contributed by atoms with Crippen LogP contribution in [0.25, 0.3) is 10.9 Å². The molecule has 0 atom stereocenters. The third kappa shape index (κ3) is 4.28. The van der Waals surface area contributed by atoms with Crippen molar-refractivity contribution >= 4 is 44.9 Å². The van der Waals surface area contributed by atoms with Gasteiger partial charge in [-0.05, 0) is 25.1 Å². The lowest BCUT2D eigenvalue weighted by molar-refractivity contribution is -0.128. The van der Waals surface area contributed by atoms with Crippen LogP contribution in [0.1, 0.15) is 6.92 Å². The van der Waals surface area contributed by atoms with Crippen molar-refractivity contribution in [3.05, 3.63) is 34.2 Å². The van der Waals surface area contributed by atoms with Crippen LogP contribution < -0.4 is 0 Å². The van der Waals surface area contributed by atoms with E-state index in [1.807, 2.05) is 18.2 Å². The minimum atomic E-state index is 0.431. The first kappa shape index (κ1) is 13.9. The van der Waals surface area contributed by atoms with Crippen LogP contribution in [-0.2, 0) is 9.53 Å². The minimum absolute atomic E-state index is 0.431. The van der Waals surface area contributed by atoms with Crippen LogP contribution >= 0.6 is 27.5 Å². The Kier molecular flexibility index (Phi) is 5.86. The van der Waals surface area contributed by atoms with E-state index in [9.17, 15) is 4.79 Å². The molecule has 6 heteroatoms. The molecule has 0 saturated heterocycles. The number of carbonyl (C=O) groups is 1. The van der Waals surface area contributed by atoms with Gasteiger partial charge in [0.15, 0.2) is 0 Å². The van der Waals surface area contributed by atoms with Gasteiger partial charge in [0, 0.05) is 9.86 Å².